The average Bonchev–Trinajstić information content (AvgIpc) is 2.72. The van der Waals surface area contributed by atoms with Gasteiger partial charge in [0.2, 0.25) is 0 Å². The summed E-state index contributed by atoms with van der Waals surface area (Å²) in [4.78, 5) is 4.52. The highest BCUT2D eigenvalue weighted by molar-refractivity contribution is 5.77. The van der Waals surface area contributed by atoms with Crippen molar-refractivity contribution in [2.45, 2.75) is 52.5 Å². The molecule has 0 radical (unpaired) electrons. The number of nitrogens with zero attached hydrogens (tertiary/aromatic N) is 1. The predicted octanol–water partition coefficient (Wildman–Crippen LogP) is 4.55. The van der Waals surface area contributed by atoms with E-state index in [0.29, 0.717) is 12.0 Å². The molecule has 2 aromatic rings. The van der Waals surface area contributed by atoms with Gasteiger partial charge in [-0.2, -0.15) is 0 Å². The first-order valence-corrected chi connectivity index (χ1v) is 6.77. The largest absolute Gasteiger partial charge is 0.440 e. The quantitative estimate of drug-likeness (QED) is 0.841. The van der Waals surface area contributed by atoms with E-state index >= 15 is 0 Å². The number of rotatable bonds is 5. The highest BCUT2D eigenvalue weighted by Gasteiger charge is 2.10. The van der Waals surface area contributed by atoms with Crippen molar-refractivity contribution in [3.05, 3.63) is 24.1 Å². The minimum absolute atomic E-state index is 0.327. The molecular weight excluding hydrogens is 224 g/mol. The first-order valence-electron chi connectivity index (χ1n) is 6.77. The van der Waals surface area contributed by atoms with Crippen LogP contribution in [0.3, 0.4) is 0 Å². The van der Waals surface area contributed by atoms with Crippen molar-refractivity contribution in [1.82, 2.24) is 4.98 Å². The zero-order valence-corrected chi connectivity index (χ0v) is 11.7. The van der Waals surface area contributed by atoms with E-state index in [-0.39, 0.29) is 0 Å². The average molecular weight is 246 g/mol. The fraction of sp³-hybridized carbons (Fsp3) is 0.533. The standard InChI is InChI=1S/C15H22N2O/c1-5-6-11(4)16-12-7-8-14-13(9-12)17-15(18-14)10(2)3/h7-11,16H,5-6H2,1-4H3. The van der Waals surface area contributed by atoms with E-state index in [0.717, 1.165) is 22.7 Å². The molecule has 0 saturated heterocycles. The molecular formula is C15H22N2O. The van der Waals surface area contributed by atoms with Gasteiger partial charge in [0.05, 0.1) is 0 Å². The summed E-state index contributed by atoms with van der Waals surface area (Å²) >= 11 is 0. The number of hydrogen-bond donors (Lipinski definition) is 1. The van der Waals surface area contributed by atoms with Crippen molar-refractivity contribution in [3.8, 4) is 0 Å². The lowest BCUT2D eigenvalue weighted by atomic mass is 10.2. The minimum Gasteiger partial charge on any atom is -0.440 e. The Morgan fingerprint density at radius 3 is 2.72 bits per heavy atom. The second kappa shape index (κ2) is 5.42. The Labute approximate surface area is 109 Å². The molecule has 0 aliphatic rings. The lowest BCUT2D eigenvalue weighted by molar-refractivity contribution is 0.501. The molecule has 0 saturated carbocycles. The monoisotopic (exact) mass is 246 g/mol. The molecule has 0 fully saturated rings. The van der Waals surface area contributed by atoms with Crippen LogP contribution in [-0.2, 0) is 0 Å². The summed E-state index contributed by atoms with van der Waals surface area (Å²) in [7, 11) is 0. The van der Waals surface area contributed by atoms with Crippen molar-refractivity contribution in [2.75, 3.05) is 5.32 Å². The number of nitrogens with one attached hydrogen (secondary N) is 1. The van der Waals surface area contributed by atoms with Crippen molar-refractivity contribution < 1.29 is 4.42 Å². The Bertz CT molecular complexity index is 516. The van der Waals surface area contributed by atoms with Gasteiger partial charge in [0.25, 0.3) is 0 Å². The molecule has 1 atom stereocenters. The third kappa shape index (κ3) is 2.84. The maximum absolute atomic E-state index is 5.70. The van der Waals surface area contributed by atoms with E-state index in [1.165, 1.54) is 12.8 Å². The summed E-state index contributed by atoms with van der Waals surface area (Å²) < 4.78 is 5.70. The Hall–Kier alpha value is -1.51. The molecule has 1 N–H and O–H groups in total. The molecule has 3 heteroatoms. The minimum atomic E-state index is 0.327. The molecule has 1 aromatic carbocycles. The van der Waals surface area contributed by atoms with Crippen LogP contribution in [-0.4, -0.2) is 11.0 Å². The lowest BCUT2D eigenvalue weighted by Crippen LogP contribution is -2.14. The third-order valence-electron chi connectivity index (χ3n) is 3.03. The zero-order chi connectivity index (χ0) is 13.1. The molecule has 0 spiro atoms. The first-order chi connectivity index (χ1) is 8.60. The molecule has 0 amide bonds. The molecule has 18 heavy (non-hydrogen) atoms. The number of oxazole rings is 1. The molecule has 1 heterocycles. The Morgan fingerprint density at radius 1 is 1.28 bits per heavy atom. The Morgan fingerprint density at radius 2 is 2.06 bits per heavy atom. The highest BCUT2D eigenvalue weighted by atomic mass is 16.3. The molecule has 0 bridgehead atoms. The fourth-order valence-corrected chi connectivity index (χ4v) is 2.07. The van der Waals surface area contributed by atoms with Gasteiger partial charge in [-0.05, 0) is 31.5 Å². The van der Waals surface area contributed by atoms with E-state index in [9.17, 15) is 0 Å². The zero-order valence-electron chi connectivity index (χ0n) is 11.7. The Balaban J connectivity index is 2.21. The first kappa shape index (κ1) is 12.9. The van der Waals surface area contributed by atoms with Crippen LogP contribution >= 0.6 is 0 Å². The fourth-order valence-electron chi connectivity index (χ4n) is 2.07. The number of aromatic nitrogens is 1. The summed E-state index contributed by atoms with van der Waals surface area (Å²) in [5.41, 5.74) is 2.92. The third-order valence-corrected chi connectivity index (χ3v) is 3.03. The molecule has 3 nitrogen and oxygen atoms in total. The van der Waals surface area contributed by atoms with E-state index in [4.69, 9.17) is 4.42 Å². The van der Waals surface area contributed by atoms with Gasteiger partial charge in [0.15, 0.2) is 11.5 Å². The van der Waals surface area contributed by atoms with Crippen LogP contribution in [0.1, 0.15) is 52.3 Å². The maximum Gasteiger partial charge on any atom is 0.198 e. The highest BCUT2D eigenvalue weighted by Crippen LogP contribution is 2.24. The van der Waals surface area contributed by atoms with Gasteiger partial charge >= 0.3 is 0 Å². The molecule has 0 aliphatic heterocycles. The van der Waals surface area contributed by atoms with E-state index < -0.39 is 0 Å². The SMILES string of the molecule is CCCC(C)Nc1ccc2oc(C(C)C)nc2c1. The number of benzene rings is 1. The van der Waals surface area contributed by atoms with E-state index in [2.05, 4.69) is 50.1 Å². The maximum atomic E-state index is 5.70. The van der Waals surface area contributed by atoms with Crippen LogP contribution < -0.4 is 5.32 Å². The van der Waals surface area contributed by atoms with Gasteiger partial charge in [-0.1, -0.05) is 27.2 Å². The van der Waals surface area contributed by atoms with Crippen LogP contribution in [0.5, 0.6) is 0 Å². The molecule has 2 rings (SSSR count). The number of fused-ring (bicyclic) bond motifs is 1. The molecule has 0 aliphatic carbocycles. The normalized spacial score (nSPS) is 13.2. The summed E-state index contributed by atoms with van der Waals surface area (Å²) in [5.74, 6) is 1.14. The van der Waals surface area contributed by atoms with Crippen molar-refractivity contribution >= 4 is 16.8 Å². The number of anilines is 1. The number of hydrogen-bond acceptors (Lipinski definition) is 3. The van der Waals surface area contributed by atoms with E-state index in [1.807, 2.05) is 6.07 Å². The van der Waals surface area contributed by atoms with Crippen molar-refractivity contribution in [1.29, 1.82) is 0 Å². The smallest absolute Gasteiger partial charge is 0.198 e. The summed E-state index contributed by atoms with van der Waals surface area (Å²) in [6, 6.07) is 6.61. The lowest BCUT2D eigenvalue weighted by Gasteiger charge is -2.13. The topological polar surface area (TPSA) is 38.1 Å². The Kier molecular flexibility index (Phi) is 3.90. The molecule has 1 aromatic heterocycles. The van der Waals surface area contributed by atoms with Crippen molar-refractivity contribution in [2.24, 2.45) is 0 Å². The summed E-state index contributed by atoms with van der Waals surface area (Å²) in [6.07, 6.45) is 2.37. The van der Waals surface area contributed by atoms with Crippen LogP contribution in [0.4, 0.5) is 5.69 Å². The van der Waals surface area contributed by atoms with Gasteiger partial charge in [-0.25, -0.2) is 4.98 Å². The van der Waals surface area contributed by atoms with E-state index in [1.54, 1.807) is 0 Å². The van der Waals surface area contributed by atoms with Gasteiger partial charge in [-0.3, -0.25) is 0 Å². The molecule has 1 unspecified atom stereocenters. The van der Waals surface area contributed by atoms with Crippen molar-refractivity contribution in [3.63, 3.8) is 0 Å². The summed E-state index contributed by atoms with van der Waals surface area (Å²) in [6.45, 7) is 8.59. The van der Waals surface area contributed by atoms with Gasteiger partial charge in [-0.15, -0.1) is 0 Å². The van der Waals surface area contributed by atoms with Gasteiger partial charge < -0.3 is 9.73 Å². The molecule has 98 valence electrons. The summed E-state index contributed by atoms with van der Waals surface area (Å²) in [5, 5.41) is 3.49. The van der Waals surface area contributed by atoms with Crippen LogP contribution in [0.25, 0.3) is 11.1 Å². The predicted molar refractivity (Wildman–Crippen MR) is 76.1 cm³/mol. The van der Waals surface area contributed by atoms with Crippen LogP contribution in [0.2, 0.25) is 0 Å². The van der Waals surface area contributed by atoms with Crippen LogP contribution in [0, 0.1) is 0 Å². The van der Waals surface area contributed by atoms with Gasteiger partial charge in [0.1, 0.15) is 5.52 Å². The second-order valence-electron chi connectivity index (χ2n) is 5.22. The van der Waals surface area contributed by atoms with Crippen LogP contribution in [0.15, 0.2) is 22.6 Å². The van der Waals surface area contributed by atoms with Gasteiger partial charge in [0, 0.05) is 17.6 Å². The second-order valence-corrected chi connectivity index (χ2v) is 5.22.